The zero-order valence-electron chi connectivity index (χ0n) is 11.3. The smallest absolute Gasteiger partial charge is 0.125 e. The molecule has 0 amide bonds. The molecule has 2 nitrogen and oxygen atoms in total. The minimum atomic E-state index is 0.325. The summed E-state index contributed by atoms with van der Waals surface area (Å²) in [7, 11) is 0. The number of aryl methyl sites for hydroxylation is 2. The molecule has 3 rings (SSSR count). The minimum Gasteiger partial charge on any atom is -0.507 e. The first-order valence-electron chi connectivity index (χ1n) is 6.75. The van der Waals surface area contributed by atoms with Crippen LogP contribution in [0, 0.1) is 6.92 Å². The van der Waals surface area contributed by atoms with E-state index in [0.717, 1.165) is 24.0 Å². The second-order valence-electron chi connectivity index (χ2n) is 5.23. The number of hydrogen-bond acceptors (Lipinski definition) is 2. The first-order valence-corrected chi connectivity index (χ1v) is 7.28. The van der Waals surface area contributed by atoms with Crippen LogP contribution in [0.5, 0.6) is 5.75 Å². The van der Waals surface area contributed by atoms with Crippen LogP contribution in [0.25, 0.3) is 10.8 Å². The summed E-state index contributed by atoms with van der Waals surface area (Å²) in [6.07, 6.45) is 0.919. The van der Waals surface area contributed by atoms with Crippen LogP contribution in [0.3, 0.4) is 0 Å². The first kappa shape index (κ1) is 12.6. The number of anilines is 1. The number of aromatic hydroxyl groups is 1. The van der Waals surface area contributed by atoms with Crippen LogP contribution in [-0.4, -0.2) is 17.5 Å². The summed E-state index contributed by atoms with van der Waals surface area (Å²) in [5.74, 6) is 1.30. The summed E-state index contributed by atoms with van der Waals surface area (Å²) in [5.41, 5.74) is 4.71. The highest BCUT2D eigenvalue weighted by Gasteiger charge is 2.26. The molecule has 1 atom stereocenters. The molecule has 100 valence electrons. The summed E-state index contributed by atoms with van der Waals surface area (Å²) in [4.78, 5) is 0. The molecule has 0 saturated heterocycles. The van der Waals surface area contributed by atoms with Crippen molar-refractivity contribution in [3.8, 4) is 5.75 Å². The van der Waals surface area contributed by atoms with E-state index < -0.39 is 0 Å². The van der Waals surface area contributed by atoms with E-state index in [0.29, 0.717) is 17.5 Å². The van der Waals surface area contributed by atoms with Gasteiger partial charge in [0.05, 0.1) is 0 Å². The molecular formula is C16H18ClNO. The predicted molar refractivity (Wildman–Crippen MR) is 81.7 cm³/mol. The van der Waals surface area contributed by atoms with Crippen molar-refractivity contribution >= 4 is 28.1 Å². The summed E-state index contributed by atoms with van der Waals surface area (Å²) < 4.78 is 0. The molecule has 2 aromatic rings. The van der Waals surface area contributed by atoms with Crippen LogP contribution in [0.1, 0.15) is 29.5 Å². The van der Waals surface area contributed by atoms with Crippen LogP contribution in [0.2, 0.25) is 0 Å². The van der Waals surface area contributed by atoms with Crippen LogP contribution in [-0.2, 0) is 6.42 Å². The lowest BCUT2D eigenvalue weighted by atomic mass is 9.89. The predicted octanol–water partition coefficient (Wildman–Crippen LogP) is 4.16. The number of rotatable bonds is 2. The Morgan fingerprint density at radius 2 is 2.16 bits per heavy atom. The molecule has 0 spiro atoms. The highest BCUT2D eigenvalue weighted by molar-refractivity contribution is 6.19. The lowest BCUT2D eigenvalue weighted by molar-refractivity contribution is 0.481. The van der Waals surface area contributed by atoms with Crippen molar-refractivity contribution in [2.24, 2.45) is 0 Å². The standard InChI is InChI=1S/C16H18ClNO/c1-3-10-5-4-9(2)14-15-11(7-17)8-18-12(15)6-13(19)16(10)14/h4-6,11,18-19H,3,7-8H2,1-2H3. The zero-order chi connectivity index (χ0) is 13.6. The van der Waals surface area contributed by atoms with Gasteiger partial charge in [0.1, 0.15) is 5.75 Å². The van der Waals surface area contributed by atoms with Gasteiger partial charge in [-0.05, 0) is 35.4 Å². The molecule has 0 aliphatic carbocycles. The molecule has 1 aliphatic heterocycles. The van der Waals surface area contributed by atoms with Crippen molar-refractivity contribution < 1.29 is 5.11 Å². The van der Waals surface area contributed by atoms with E-state index >= 15 is 0 Å². The van der Waals surface area contributed by atoms with E-state index in [-0.39, 0.29) is 0 Å². The van der Waals surface area contributed by atoms with Gasteiger partial charge < -0.3 is 10.4 Å². The van der Waals surface area contributed by atoms with E-state index in [2.05, 4.69) is 31.3 Å². The average molecular weight is 276 g/mol. The number of fused-ring (bicyclic) bond motifs is 3. The topological polar surface area (TPSA) is 32.3 Å². The fraction of sp³-hybridized carbons (Fsp3) is 0.375. The molecule has 0 aromatic heterocycles. The molecule has 0 bridgehead atoms. The monoisotopic (exact) mass is 275 g/mol. The number of hydrogen-bond donors (Lipinski definition) is 2. The van der Waals surface area contributed by atoms with Crippen LogP contribution >= 0.6 is 11.6 Å². The van der Waals surface area contributed by atoms with Gasteiger partial charge in [-0.25, -0.2) is 0 Å². The molecule has 1 aliphatic rings. The van der Waals surface area contributed by atoms with Gasteiger partial charge in [0, 0.05) is 35.5 Å². The maximum absolute atomic E-state index is 10.4. The van der Waals surface area contributed by atoms with Crippen molar-refractivity contribution in [2.75, 3.05) is 17.7 Å². The Hall–Kier alpha value is -1.41. The molecule has 19 heavy (non-hydrogen) atoms. The third-order valence-electron chi connectivity index (χ3n) is 4.11. The Morgan fingerprint density at radius 1 is 1.37 bits per heavy atom. The lowest BCUT2D eigenvalue weighted by Crippen LogP contribution is -2.03. The molecule has 2 aromatic carbocycles. The lowest BCUT2D eigenvalue weighted by Gasteiger charge is -2.16. The molecule has 2 N–H and O–H groups in total. The van der Waals surface area contributed by atoms with Crippen LogP contribution in [0.4, 0.5) is 5.69 Å². The SMILES string of the molecule is CCc1ccc(C)c2c3c(cc(O)c12)NCC3CCl. The molecule has 1 unspecified atom stereocenters. The third kappa shape index (κ3) is 1.78. The van der Waals surface area contributed by atoms with Crippen LogP contribution in [0.15, 0.2) is 18.2 Å². The van der Waals surface area contributed by atoms with Gasteiger partial charge in [-0.3, -0.25) is 0 Å². The first-order chi connectivity index (χ1) is 9.17. The summed E-state index contributed by atoms with van der Waals surface area (Å²) >= 11 is 6.10. The highest BCUT2D eigenvalue weighted by atomic mass is 35.5. The van der Waals surface area contributed by atoms with Gasteiger partial charge in [-0.1, -0.05) is 19.1 Å². The molecule has 0 radical (unpaired) electrons. The van der Waals surface area contributed by atoms with Gasteiger partial charge in [0.25, 0.3) is 0 Å². The Morgan fingerprint density at radius 3 is 2.84 bits per heavy atom. The minimum absolute atomic E-state index is 0.325. The molecule has 0 fully saturated rings. The van der Waals surface area contributed by atoms with Gasteiger partial charge >= 0.3 is 0 Å². The van der Waals surface area contributed by atoms with E-state index in [9.17, 15) is 5.11 Å². The van der Waals surface area contributed by atoms with Crippen LogP contribution < -0.4 is 5.32 Å². The van der Waals surface area contributed by atoms with Crippen molar-refractivity contribution in [2.45, 2.75) is 26.2 Å². The molecule has 3 heteroatoms. The fourth-order valence-corrected chi connectivity index (χ4v) is 3.41. The normalized spacial score (nSPS) is 17.5. The third-order valence-corrected chi connectivity index (χ3v) is 4.48. The maximum Gasteiger partial charge on any atom is 0.125 e. The largest absolute Gasteiger partial charge is 0.507 e. The van der Waals surface area contributed by atoms with Crippen molar-refractivity contribution in [1.29, 1.82) is 0 Å². The average Bonchev–Trinajstić information content (AvgIpc) is 2.81. The Labute approximate surface area is 118 Å². The van der Waals surface area contributed by atoms with E-state index in [1.807, 2.05) is 6.07 Å². The van der Waals surface area contributed by atoms with Crippen molar-refractivity contribution in [1.82, 2.24) is 0 Å². The van der Waals surface area contributed by atoms with Crippen molar-refractivity contribution in [3.05, 3.63) is 34.9 Å². The maximum atomic E-state index is 10.4. The van der Waals surface area contributed by atoms with Gasteiger partial charge in [-0.2, -0.15) is 0 Å². The second kappa shape index (κ2) is 4.61. The van der Waals surface area contributed by atoms with Gasteiger partial charge in [-0.15, -0.1) is 11.6 Å². The Balaban J connectivity index is 2.45. The summed E-state index contributed by atoms with van der Waals surface area (Å²) in [5, 5.41) is 15.9. The number of phenols is 1. The number of phenolic OH excluding ortho intramolecular Hbond substituents is 1. The summed E-state index contributed by atoms with van der Waals surface area (Å²) in [6, 6.07) is 6.11. The zero-order valence-corrected chi connectivity index (χ0v) is 12.0. The number of alkyl halides is 1. The van der Waals surface area contributed by atoms with Crippen molar-refractivity contribution in [3.63, 3.8) is 0 Å². The molecule has 0 saturated carbocycles. The van der Waals surface area contributed by atoms with Gasteiger partial charge in [0.15, 0.2) is 0 Å². The second-order valence-corrected chi connectivity index (χ2v) is 5.54. The number of nitrogens with one attached hydrogen (secondary N) is 1. The van der Waals surface area contributed by atoms with E-state index in [4.69, 9.17) is 11.6 Å². The Bertz CT molecular complexity index is 651. The quantitative estimate of drug-likeness (QED) is 0.807. The molecular weight excluding hydrogens is 258 g/mol. The van der Waals surface area contributed by atoms with E-state index in [1.165, 1.54) is 22.1 Å². The number of halogens is 1. The Kier molecular flexibility index (Phi) is 3.06. The fourth-order valence-electron chi connectivity index (χ4n) is 3.14. The van der Waals surface area contributed by atoms with E-state index in [1.54, 1.807) is 0 Å². The van der Waals surface area contributed by atoms with Gasteiger partial charge in [0.2, 0.25) is 0 Å². The molecule has 1 heterocycles. The summed E-state index contributed by atoms with van der Waals surface area (Å²) in [6.45, 7) is 5.08. The highest BCUT2D eigenvalue weighted by Crippen LogP contribution is 2.44. The number of benzene rings is 2.